The molecule has 146 valence electrons. The maximum absolute atomic E-state index is 13.0. The Morgan fingerprint density at radius 1 is 1.03 bits per heavy atom. The number of amides is 1. The van der Waals surface area contributed by atoms with Crippen LogP contribution in [-0.2, 0) is 0 Å². The van der Waals surface area contributed by atoms with Crippen molar-refractivity contribution in [3.8, 4) is 11.1 Å². The summed E-state index contributed by atoms with van der Waals surface area (Å²) in [5, 5.41) is 4.36. The summed E-state index contributed by atoms with van der Waals surface area (Å²) in [6, 6.07) is 14.1. The van der Waals surface area contributed by atoms with Crippen molar-refractivity contribution in [1.82, 2.24) is 14.6 Å². The topological polar surface area (TPSA) is 71.9 Å². The van der Waals surface area contributed by atoms with Gasteiger partial charge >= 0.3 is 0 Å². The second-order valence-electron chi connectivity index (χ2n) is 6.79. The number of hydrogen-bond acceptors (Lipinski definition) is 4. The van der Waals surface area contributed by atoms with E-state index >= 15 is 0 Å². The molecule has 1 aromatic carbocycles. The molecule has 3 heterocycles. The molecule has 7 heteroatoms. The van der Waals surface area contributed by atoms with Crippen molar-refractivity contribution in [3.05, 3.63) is 89.7 Å². The van der Waals surface area contributed by atoms with Gasteiger partial charge in [0.05, 0.1) is 18.3 Å². The van der Waals surface area contributed by atoms with Crippen LogP contribution in [0.15, 0.2) is 67.1 Å². The predicted molar refractivity (Wildman–Crippen MR) is 114 cm³/mol. The van der Waals surface area contributed by atoms with Gasteiger partial charge in [-0.25, -0.2) is 9.36 Å². The number of carbonyl (C=O) groups excluding carboxylic acids is 2. The van der Waals surface area contributed by atoms with E-state index in [9.17, 15) is 9.59 Å². The van der Waals surface area contributed by atoms with Crippen LogP contribution in [0.25, 0.3) is 21.5 Å². The number of benzene rings is 1. The lowest BCUT2D eigenvalue weighted by atomic mass is 10.0. The van der Waals surface area contributed by atoms with Crippen LogP contribution in [0, 0.1) is 6.57 Å². The summed E-state index contributed by atoms with van der Waals surface area (Å²) in [4.78, 5) is 33.4. The zero-order valence-electron chi connectivity index (χ0n) is 16.4. The van der Waals surface area contributed by atoms with Crippen LogP contribution in [-0.4, -0.2) is 33.3 Å². The molecule has 0 radical (unpaired) electrons. The van der Waals surface area contributed by atoms with Crippen molar-refractivity contribution in [2.75, 3.05) is 11.9 Å². The highest BCUT2D eigenvalue weighted by Gasteiger charge is 2.17. The van der Waals surface area contributed by atoms with E-state index < -0.39 is 0 Å². The first-order valence-electron chi connectivity index (χ1n) is 9.18. The molecule has 0 spiro atoms. The Kier molecular flexibility index (Phi) is 4.82. The van der Waals surface area contributed by atoms with Crippen molar-refractivity contribution in [3.63, 3.8) is 0 Å². The lowest BCUT2D eigenvalue weighted by molar-refractivity contribution is 0.0989. The third-order valence-electron chi connectivity index (χ3n) is 4.88. The molecule has 0 saturated heterocycles. The van der Waals surface area contributed by atoms with Gasteiger partial charge in [0.15, 0.2) is 5.78 Å². The lowest BCUT2D eigenvalue weighted by Crippen LogP contribution is -2.27. The van der Waals surface area contributed by atoms with Gasteiger partial charge in [-0.05, 0) is 30.7 Å². The molecule has 0 fully saturated rings. The highest BCUT2D eigenvalue weighted by molar-refractivity contribution is 6.06. The van der Waals surface area contributed by atoms with E-state index in [0.29, 0.717) is 22.6 Å². The lowest BCUT2D eigenvalue weighted by Gasteiger charge is -2.16. The first kappa shape index (κ1) is 19.0. The minimum absolute atomic E-state index is 0.00961. The van der Waals surface area contributed by atoms with E-state index in [-0.39, 0.29) is 11.7 Å². The molecular formula is C23H17N5O2. The molecular weight excluding hydrogens is 378 g/mol. The number of carbonyl (C=O) groups is 2. The maximum Gasteiger partial charge on any atom is 0.259 e. The number of anilines is 1. The van der Waals surface area contributed by atoms with Gasteiger partial charge in [-0.1, -0.05) is 30.3 Å². The molecule has 4 aromatic rings. The fraction of sp³-hybridized carbons (Fsp3) is 0.0870. The standard InChI is InChI=1S/C23H17N5O2/c1-15(29)16-4-6-17(7-5-16)20-14-26-28-11-10-18(12-21(20)28)23(30)27(3)22-9-8-19(24-2)13-25-22/h4-14H,1,3H3. The molecule has 0 bridgehead atoms. The van der Waals surface area contributed by atoms with Crippen LogP contribution in [0.4, 0.5) is 11.5 Å². The molecule has 0 saturated carbocycles. The van der Waals surface area contributed by atoms with Gasteiger partial charge in [-0.3, -0.25) is 19.5 Å². The van der Waals surface area contributed by atoms with Crippen LogP contribution < -0.4 is 4.90 Å². The van der Waals surface area contributed by atoms with Gasteiger partial charge in [0.1, 0.15) is 5.82 Å². The molecule has 0 unspecified atom stereocenters. The molecule has 30 heavy (non-hydrogen) atoms. The summed E-state index contributed by atoms with van der Waals surface area (Å²) in [5.74, 6) is 0.246. The number of rotatable bonds is 4. The zero-order valence-corrected chi connectivity index (χ0v) is 16.4. The molecule has 0 aliphatic carbocycles. The Bertz CT molecular complexity index is 1300. The molecule has 7 nitrogen and oxygen atoms in total. The Hall–Kier alpha value is -4.31. The Labute approximate surface area is 173 Å². The highest BCUT2D eigenvalue weighted by Crippen LogP contribution is 2.26. The summed E-state index contributed by atoms with van der Waals surface area (Å²) in [6.07, 6.45) is 4.91. The van der Waals surface area contributed by atoms with Crippen molar-refractivity contribution in [2.45, 2.75) is 6.92 Å². The van der Waals surface area contributed by atoms with Gasteiger partial charge < -0.3 is 0 Å². The fourth-order valence-corrected chi connectivity index (χ4v) is 3.16. The van der Waals surface area contributed by atoms with Crippen LogP contribution >= 0.6 is 0 Å². The van der Waals surface area contributed by atoms with E-state index in [0.717, 1.165) is 16.6 Å². The minimum Gasteiger partial charge on any atom is -0.296 e. The average Bonchev–Trinajstić information content (AvgIpc) is 3.21. The number of hydrogen-bond donors (Lipinski definition) is 0. The quantitative estimate of drug-likeness (QED) is 0.379. The van der Waals surface area contributed by atoms with E-state index in [1.54, 1.807) is 60.4 Å². The zero-order chi connectivity index (χ0) is 21.3. The van der Waals surface area contributed by atoms with Crippen LogP contribution in [0.3, 0.4) is 0 Å². The number of ketones is 1. The van der Waals surface area contributed by atoms with Crippen LogP contribution in [0.2, 0.25) is 0 Å². The Morgan fingerprint density at radius 3 is 2.43 bits per heavy atom. The van der Waals surface area contributed by atoms with Crippen molar-refractivity contribution in [2.24, 2.45) is 0 Å². The molecule has 0 aliphatic rings. The minimum atomic E-state index is -0.223. The highest BCUT2D eigenvalue weighted by atomic mass is 16.2. The monoisotopic (exact) mass is 395 g/mol. The summed E-state index contributed by atoms with van der Waals surface area (Å²) >= 11 is 0. The number of fused-ring (bicyclic) bond motifs is 1. The summed E-state index contributed by atoms with van der Waals surface area (Å²) < 4.78 is 1.70. The molecule has 0 aliphatic heterocycles. The predicted octanol–water partition coefficient (Wildman–Crippen LogP) is 4.43. The summed E-state index contributed by atoms with van der Waals surface area (Å²) in [7, 11) is 1.64. The molecule has 3 aromatic heterocycles. The van der Waals surface area contributed by atoms with Gasteiger partial charge in [0.2, 0.25) is 5.69 Å². The molecule has 1 amide bonds. The average molecular weight is 395 g/mol. The summed E-state index contributed by atoms with van der Waals surface area (Å²) in [5.41, 5.74) is 4.10. The molecule has 4 rings (SSSR count). The molecule has 0 atom stereocenters. The normalized spacial score (nSPS) is 10.6. The van der Waals surface area contributed by atoms with Gasteiger partial charge in [0, 0.05) is 36.1 Å². The van der Waals surface area contributed by atoms with E-state index in [1.807, 2.05) is 12.1 Å². The molecule has 0 N–H and O–H groups in total. The second kappa shape index (κ2) is 7.60. The maximum atomic E-state index is 13.0. The Morgan fingerprint density at radius 2 is 1.80 bits per heavy atom. The number of Topliss-reactive ketones (excluding diaryl/α,β-unsaturated/α-hetero) is 1. The first-order valence-corrected chi connectivity index (χ1v) is 9.18. The number of aromatic nitrogens is 3. The van der Waals surface area contributed by atoms with E-state index in [2.05, 4.69) is 14.9 Å². The van der Waals surface area contributed by atoms with Crippen LogP contribution in [0.5, 0.6) is 0 Å². The number of pyridine rings is 2. The third kappa shape index (κ3) is 3.42. The van der Waals surface area contributed by atoms with Gasteiger partial charge in [-0.2, -0.15) is 5.10 Å². The van der Waals surface area contributed by atoms with E-state index in [1.165, 1.54) is 18.0 Å². The Balaban J connectivity index is 1.68. The number of nitrogens with zero attached hydrogens (tertiary/aromatic N) is 5. The smallest absolute Gasteiger partial charge is 0.259 e. The van der Waals surface area contributed by atoms with Crippen molar-refractivity contribution >= 4 is 28.7 Å². The van der Waals surface area contributed by atoms with Crippen LogP contribution in [0.1, 0.15) is 27.6 Å². The first-order chi connectivity index (χ1) is 14.5. The van der Waals surface area contributed by atoms with Crippen molar-refractivity contribution < 1.29 is 9.59 Å². The third-order valence-corrected chi connectivity index (χ3v) is 4.88. The van der Waals surface area contributed by atoms with Gasteiger partial charge in [0.25, 0.3) is 5.91 Å². The summed E-state index contributed by atoms with van der Waals surface area (Å²) in [6.45, 7) is 8.54. The van der Waals surface area contributed by atoms with Crippen molar-refractivity contribution in [1.29, 1.82) is 0 Å². The second-order valence-corrected chi connectivity index (χ2v) is 6.79. The largest absolute Gasteiger partial charge is 0.296 e. The van der Waals surface area contributed by atoms with Gasteiger partial charge in [-0.15, -0.1) is 0 Å². The fourth-order valence-electron chi connectivity index (χ4n) is 3.16. The van der Waals surface area contributed by atoms with E-state index in [4.69, 9.17) is 6.57 Å². The SMILES string of the molecule is [C-]#[N+]c1ccc(N(C)C(=O)c2ccn3ncc(-c4ccc(C(C)=O)cc4)c3c2)nc1.